The number of amides is 3. The molecule has 3 rings (SSSR count). The number of nitrogen functional groups attached to an aromatic ring is 1. The SMILES string of the molecule is CCOC(=O)CNC(=O)[C@H](c1cccs1)N(C(=O)c1snc(C(N)=O)c1N)c1cc(C)ccc1OC. The van der Waals surface area contributed by atoms with Crippen molar-refractivity contribution in [1.82, 2.24) is 9.69 Å². The number of aryl methyl sites for hydroxylation is 1. The molecule has 3 amide bonds. The normalized spacial score (nSPS) is 11.4. The third kappa shape index (κ3) is 5.63. The molecule has 3 aromatic rings. The Kier molecular flexibility index (Phi) is 8.61. The van der Waals surface area contributed by atoms with Crippen LogP contribution in [0.3, 0.4) is 0 Å². The smallest absolute Gasteiger partial charge is 0.325 e. The fourth-order valence-electron chi connectivity index (χ4n) is 3.38. The van der Waals surface area contributed by atoms with E-state index < -0.39 is 36.3 Å². The average molecular weight is 532 g/mol. The highest BCUT2D eigenvalue weighted by Crippen LogP contribution is 2.39. The van der Waals surface area contributed by atoms with E-state index in [0.717, 1.165) is 5.56 Å². The number of anilines is 2. The van der Waals surface area contributed by atoms with Gasteiger partial charge in [0.05, 0.1) is 25.1 Å². The number of esters is 1. The van der Waals surface area contributed by atoms with Gasteiger partial charge in [0.1, 0.15) is 17.2 Å². The molecule has 0 unspecified atom stereocenters. The molecule has 0 aliphatic carbocycles. The van der Waals surface area contributed by atoms with Crippen molar-refractivity contribution in [2.24, 2.45) is 5.73 Å². The van der Waals surface area contributed by atoms with E-state index in [9.17, 15) is 19.2 Å². The number of benzene rings is 1. The maximum absolute atomic E-state index is 14.0. The number of hydrogen-bond donors (Lipinski definition) is 3. The second-order valence-electron chi connectivity index (χ2n) is 7.43. The standard InChI is InChI=1S/C23H25N5O6S2/c1-4-34-16(29)11-26-22(31)19(15-6-5-9-35-15)28(13-10-12(2)7-8-14(13)33-3)23(32)20-17(24)18(21(25)30)27-36-20/h5-10,19H,4,11,24H2,1-3H3,(H2,25,30)(H,26,31)/t19-/m0/s1. The lowest BCUT2D eigenvalue weighted by molar-refractivity contribution is -0.143. The molecule has 0 radical (unpaired) electrons. The molecule has 0 bridgehead atoms. The van der Waals surface area contributed by atoms with Crippen molar-refractivity contribution >= 4 is 57.9 Å². The van der Waals surface area contributed by atoms with Crippen molar-refractivity contribution in [2.75, 3.05) is 30.9 Å². The number of nitrogens with two attached hydrogens (primary N) is 2. The van der Waals surface area contributed by atoms with Gasteiger partial charge in [0.2, 0.25) is 5.91 Å². The number of carbonyl (C=O) groups is 4. The van der Waals surface area contributed by atoms with Crippen molar-refractivity contribution in [2.45, 2.75) is 19.9 Å². The van der Waals surface area contributed by atoms with Crippen LogP contribution in [0.15, 0.2) is 35.7 Å². The largest absolute Gasteiger partial charge is 0.495 e. The Balaban J connectivity index is 2.18. The van der Waals surface area contributed by atoms with Crippen LogP contribution < -0.4 is 26.4 Å². The molecule has 0 saturated carbocycles. The molecule has 0 aliphatic rings. The molecule has 2 heterocycles. The number of methoxy groups -OCH3 is 1. The number of nitrogens with one attached hydrogen (secondary N) is 1. The molecule has 190 valence electrons. The number of aromatic nitrogens is 1. The van der Waals surface area contributed by atoms with E-state index >= 15 is 0 Å². The summed E-state index contributed by atoms with van der Waals surface area (Å²) in [4.78, 5) is 52.8. The molecule has 13 heteroatoms. The molecular weight excluding hydrogens is 506 g/mol. The number of primary amides is 1. The van der Waals surface area contributed by atoms with Gasteiger partial charge in [-0.05, 0) is 54.5 Å². The maximum atomic E-state index is 14.0. The van der Waals surface area contributed by atoms with Crippen LogP contribution in [0.25, 0.3) is 0 Å². The van der Waals surface area contributed by atoms with Crippen molar-refractivity contribution in [1.29, 1.82) is 0 Å². The number of hydrogen-bond acceptors (Lipinski definition) is 10. The Morgan fingerprint density at radius 3 is 2.56 bits per heavy atom. The van der Waals surface area contributed by atoms with Gasteiger partial charge in [0, 0.05) is 4.88 Å². The van der Waals surface area contributed by atoms with Crippen LogP contribution in [0.4, 0.5) is 11.4 Å². The zero-order chi connectivity index (χ0) is 26.4. The van der Waals surface area contributed by atoms with Crippen molar-refractivity contribution in [3.63, 3.8) is 0 Å². The average Bonchev–Trinajstić information content (AvgIpc) is 3.50. The third-order valence-corrected chi connectivity index (χ3v) is 6.78. The molecule has 0 aliphatic heterocycles. The summed E-state index contributed by atoms with van der Waals surface area (Å²) in [5.41, 5.74) is 12.0. The quantitative estimate of drug-likeness (QED) is 0.335. The van der Waals surface area contributed by atoms with Gasteiger partial charge in [-0.3, -0.25) is 24.1 Å². The number of carbonyl (C=O) groups excluding carboxylic acids is 4. The molecule has 5 N–H and O–H groups in total. The first-order valence-corrected chi connectivity index (χ1v) is 12.3. The summed E-state index contributed by atoms with van der Waals surface area (Å²) in [5, 5.41) is 4.30. The predicted molar refractivity (Wildman–Crippen MR) is 136 cm³/mol. The molecule has 1 atom stereocenters. The highest BCUT2D eigenvalue weighted by molar-refractivity contribution is 7.10. The molecule has 11 nitrogen and oxygen atoms in total. The van der Waals surface area contributed by atoms with Crippen molar-refractivity contribution in [3.05, 3.63) is 56.7 Å². The van der Waals surface area contributed by atoms with Crippen LogP contribution >= 0.6 is 22.9 Å². The van der Waals surface area contributed by atoms with Crippen LogP contribution in [-0.4, -0.2) is 48.3 Å². The Hall–Kier alpha value is -3.97. The summed E-state index contributed by atoms with van der Waals surface area (Å²) in [6.07, 6.45) is 0. The summed E-state index contributed by atoms with van der Waals surface area (Å²) < 4.78 is 14.3. The second kappa shape index (κ2) is 11.6. The van der Waals surface area contributed by atoms with E-state index in [4.69, 9.17) is 20.9 Å². The summed E-state index contributed by atoms with van der Waals surface area (Å²) in [7, 11) is 1.43. The first kappa shape index (κ1) is 26.6. The summed E-state index contributed by atoms with van der Waals surface area (Å²) in [6, 6.07) is 7.33. The van der Waals surface area contributed by atoms with Gasteiger partial charge in [-0.15, -0.1) is 11.3 Å². The summed E-state index contributed by atoms with van der Waals surface area (Å²) in [6.45, 7) is 3.23. The van der Waals surface area contributed by atoms with Gasteiger partial charge >= 0.3 is 5.97 Å². The Labute approximate surface area is 215 Å². The monoisotopic (exact) mass is 531 g/mol. The maximum Gasteiger partial charge on any atom is 0.325 e. The van der Waals surface area contributed by atoms with E-state index in [0.29, 0.717) is 22.2 Å². The van der Waals surface area contributed by atoms with Crippen LogP contribution in [0.2, 0.25) is 0 Å². The van der Waals surface area contributed by atoms with Crippen LogP contribution in [0.1, 0.15) is 43.6 Å². The minimum Gasteiger partial charge on any atom is -0.495 e. The first-order chi connectivity index (χ1) is 17.2. The van der Waals surface area contributed by atoms with Crippen molar-refractivity contribution in [3.8, 4) is 5.75 Å². The molecule has 0 spiro atoms. The van der Waals surface area contributed by atoms with E-state index in [1.807, 2.05) is 6.92 Å². The van der Waals surface area contributed by atoms with E-state index in [-0.39, 0.29) is 28.6 Å². The predicted octanol–water partition coefficient (Wildman–Crippen LogP) is 2.27. The number of ether oxygens (including phenoxy) is 2. The number of thiophene rings is 1. The lowest BCUT2D eigenvalue weighted by Crippen LogP contribution is -2.45. The highest BCUT2D eigenvalue weighted by atomic mass is 32.1. The minimum absolute atomic E-state index is 0.0768. The minimum atomic E-state index is -1.22. The van der Waals surface area contributed by atoms with Crippen LogP contribution in [0, 0.1) is 6.92 Å². The fraction of sp³-hybridized carbons (Fsp3) is 0.261. The van der Waals surface area contributed by atoms with Gasteiger partial charge in [0.15, 0.2) is 11.7 Å². The number of rotatable bonds is 10. The Morgan fingerprint density at radius 1 is 1.22 bits per heavy atom. The van der Waals surface area contributed by atoms with Gasteiger partial charge in [-0.2, -0.15) is 4.37 Å². The topological polar surface area (TPSA) is 167 Å². The van der Waals surface area contributed by atoms with E-state index in [1.54, 1.807) is 42.6 Å². The molecular formula is C23H25N5O6S2. The molecule has 0 fully saturated rings. The molecule has 0 saturated heterocycles. The molecule has 36 heavy (non-hydrogen) atoms. The van der Waals surface area contributed by atoms with Gasteiger partial charge in [0.25, 0.3) is 11.8 Å². The summed E-state index contributed by atoms with van der Waals surface area (Å²) in [5.74, 6) is -2.54. The molecule has 2 aromatic heterocycles. The van der Waals surface area contributed by atoms with Crippen LogP contribution in [0.5, 0.6) is 5.75 Å². The number of nitrogens with zero attached hydrogens (tertiary/aromatic N) is 2. The summed E-state index contributed by atoms with van der Waals surface area (Å²) >= 11 is 1.94. The zero-order valence-corrected chi connectivity index (χ0v) is 21.4. The van der Waals surface area contributed by atoms with E-state index in [1.165, 1.54) is 23.3 Å². The zero-order valence-electron chi connectivity index (χ0n) is 19.8. The van der Waals surface area contributed by atoms with Crippen LogP contribution in [-0.2, 0) is 14.3 Å². The van der Waals surface area contributed by atoms with Gasteiger partial charge in [-0.25, -0.2) is 0 Å². The van der Waals surface area contributed by atoms with Gasteiger partial charge in [-0.1, -0.05) is 12.1 Å². The first-order valence-electron chi connectivity index (χ1n) is 10.7. The lowest BCUT2D eigenvalue weighted by Gasteiger charge is -2.31. The van der Waals surface area contributed by atoms with Crippen molar-refractivity contribution < 1.29 is 28.7 Å². The fourth-order valence-corrected chi connectivity index (χ4v) is 4.94. The Morgan fingerprint density at radius 2 is 1.97 bits per heavy atom. The second-order valence-corrected chi connectivity index (χ2v) is 9.18. The Bertz CT molecular complexity index is 1270. The van der Waals surface area contributed by atoms with E-state index in [2.05, 4.69) is 9.69 Å². The van der Waals surface area contributed by atoms with Gasteiger partial charge < -0.3 is 26.3 Å². The molecule has 1 aromatic carbocycles. The third-order valence-electron chi connectivity index (χ3n) is 5.00. The highest BCUT2D eigenvalue weighted by Gasteiger charge is 2.38. The lowest BCUT2D eigenvalue weighted by atomic mass is 10.1.